The Kier molecular flexibility index (Phi) is 3.25. The Balaban J connectivity index is 2.16. The van der Waals surface area contributed by atoms with Crippen LogP contribution >= 0.6 is 11.6 Å². The van der Waals surface area contributed by atoms with E-state index in [2.05, 4.69) is 10.00 Å². The number of benzene rings is 1. The van der Waals surface area contributed by atoms with Gasteiger partial charge in [-0.2, -0.15) is 0 Å². The Morgan fingerprint density at radius 1 is 1.16 bits per heavy atom. The summed E-state index contributed by atoms with van der Waals surface area (Å²) in [5.41, 5.74) is 7.42. The zero-order valence-electron chi connectivity index (χ0n) is 10.6. The van der Waals surface area contributed by atoms with Crippen molar-refractivity contribution in [2.75, 3.05) is 23.7 Å². The van der Waals surface area contributed by atoms with Crippen LogP contribution in [0.1, 0.15) is 12.8 Å². The molecule has 2 N–H and O–H groups in total. The molecule has 19 heavy (non-hydrogen) atoms. The highest BCUT2D eigenvalue weighted by Crippen LogP contribution is 2.29. The summed E-state index contributed by atoms with van der Waals surface area (Å²) in [4.78, 5) is 2.25. The molecular weight excluding hydrogens is 260 g/mol. The number of aromatic nitrogens is 2. The maximum Gasteiger partial charge on any atom is 0.323 e. The second-order valence-corrected chi connectivity index (χ2v) is 5.06. The molecule has 1 aliphatic heterocycles. The van der Waals surface area contributed by atoms with Gasteiger partial charge in [0.2, 0.25) is 0 Å². The van der Waals surface area contributed by atoms with Crippen LogP contribution in [0.4, 0.5) is 11.5 Å². The molecule has 2 aromatic rings. The summed E-state index contributed by atoms with van der Waals surface area (Å²) in [5, 5.41) is 5.00. The lowest BCUT2D eigenvalue weighted by Gasteiger charge is -2.14. The summed E-state index contributed by atoms with van der Waals surface area (Å²) in [6, 6.07) is 9.99. The van der Waals surface area contributed by atoms with Gasteiger partial charge in [0.1, 0.15) is 0 Å². The third kappa shape index (κ3) is 2.24. The van der Waals surface area contributed by atoms with Crippen LogP contribution in [-0.4, -0.2) is 18.2 Å². The average Bonchev–Trinajstić information content (AvgIpc) is 2.96. The Morgan fingerprint density at radius 3 is 2.53 bits per heavy atom. The standard InChI is InChI=1S/C14H15ClN4/c15-13-12(16)10-17-19(11-6-2-1-3-7-11)14(13)18-8-4-5-9-18/h1-3,6-7,10,16H,4-5,8-9H2/p+1. The lowest BCUT2D eigenvalue weighted by molar-refractivity contribution is -0.647. The second-order valence-electron chi connectivity index (χ2n) is 4.68. The number of anilines is 2. The van der Waals surface area contributed by atoms with E-state index in [1.165, 1.54) is 12.8 Å². The molecule has 1 aromatic heterocycles. The van der Waals surface area contributed by atoms with E-state index >= 15 is 0 Å². The molecule has 3 rings (SSSR count). The first kappa shape index (κ1) is 12.2. The van der Waals surface area contributed by atoms with Gasteiger partial charge < -0.3 is 5.73 Å². The molecule has 98 valence electrons. The number of nitrogens with zero attached hydrogens (tertiary/aromatic N) is 3. The van der Waals surface area contributed by atoms with Crippen molar-refractivity contribution in [2.24, 2.45) is 0 Å². The highest BCUT2D eigenvalue weighted by Gasteiger charge is 2.29. The minimum Gasteiger partial charge on any atom is -0.396 e. The van der Waals surface area contributed by atoms with E-state index in [1.54, 1.807) is 6.20 Å². The smallest absolute Gasteiger partial charge is 0.323 e. The Bertz CT molecular complexity index is 579. The van der Waals surface area contributed by atoms with Crippen molar-refractivity contribution < 1.29 is 4.68 Å². The molecule has 5 heteroatoms. The van der Waals surface area contributed by atoms with Crippen molar-refractivity contribution in [1.82, 2.24) is 5.10 Å². The number of halogens is 1. The summed E-state index contributed by atoms with van der Waals surface area (Å²) in [6.45, 7) is 2.00. The first-order chi connectivity index (χ1) is 9.27. The normalized spacial score (nSPS) is 14.9. The fraction of sp³-hybridized carbons (Fsp3) is 0.286. The van der Waals surface area contributed by atoms with Gasteiger partial charge in [-0.3, -0.25) is 4.90 Å². The average molecular weight is 276 g/mol. The first-order valence-corrected chi connectivity index (χ1v) is 6.82. The van der Waals surface area contributed by atoms with E-state index in [0.717, 1.165) is 24.6 Å². The molecule has 0 bridgehead atoms. The van der Waals surface area contributed by atoms with Gasteiger partial charge in [-0.25, -0.2) is 0 Å². The second kappa shape index (κ2) is 5.05. The van der Waals surface area contributed by atoms with Crippen LogP contribution < -0.4 is 15.3 Å². The van der Waals surface area contributed by atoms with Crippen LogP contribution in [0.2, 0.25) is 5.02 Å². The molecule has 2 heterocycles. The lowest BCUT2D eigenvalue weighted by atomic mass is 10.3. The molecule has 1 aromatic carbocycles. The van der Waals surface area contributed by atoms with Crippen molar-refractivity contribution in [2.45, 2.75) is 12.8 Å². The molecule has 4 nitrogen and oxygen atoms in total. The molecule has 0 spiro atoms. The largest absolute Gasteiger partial charge is 0.396 e. The SMILES string of the molecule is Nc1cn[n+](-c2ccccc2)c(N2CCCC2)c1Cl. The zero-order valence-corrected chi connectivity index (χ0v) is 11.3. The van der Waals surface area contributed by atoms with Crippen molar-refractivity contribution in [3.63, 3.8) is 0 Å². The van der Waals surface area contributed by atoms with Crippen molar-refractivity contribution in [1.29, 1.82) is 0 Å². The highest BCUT2D eigenvalue weighted by atomic mass is 35.5. The maximum atomic E-state index is 6.40. The predicted molar refractivity (Wildman–Crippen MR) is 76.6 cm³/mol. The highest BCUT2D eigenvalue weighted by molar-refractivity contribution is 6.35. The topological polar surface area (TPSA) is 46.0 Å². The van der Waals surface area contributed by atoms with E-state index in [4.69, 9.17) is 17.3 Å². The van der Waals surface area contributed by atoms with Gasteiger partial charge in [-0.1, -0.05) is 39.6 Å². The number of para-hydroxylation sites is 1. The molecule has 0 amide bonds. The number of rotatable bonds is 2. The monoisotopic (exact) mass is 275 g/mol. The van der Waals surface area contributed by atoms with E-state index in [1.807, 2.05) is 35.0 Å². The Morgan fingerprint density at radius 2 is 1.84 bits per heavy atom. The third-order valence-corrected chi connectivity index (χ3v) is 3.76. The van der Waals surface area contributed by atoms with Gasteiger partial charge in [0.05, 0.1) is 25.0 Å². The van der Waals surface area contributed by atoms with Crippen LogP contribution in [0.25, 0.3) is 5.69 Å². The fourth-order valence-corrected chi connectivity index (χ4v) is 2.66. The predicted octanol–water partition coefficient (Wildman–Crippen LogP) is 2.19. The molecule has 0 saturated carbocycles. The van der Waals surface area contributed by atoms with Crippen molar-refractivity contribution >= 4 is 23.1 Å². The summed E-state index contributed by atoms with van der Waals surface area (Å²) >= 11 is 6.40. The van der Waals surface area contributed by atoms with Crippen LogP contribution in [0.15, 0.2) is 36.5 Å². The van der Waals surface area contributed by atoms with Crippen molar-refractivity contribution in [3.05, 3.63) is 41.6 Å². The van der Waals surface area contributed by atoms with E-state index in [9.17, 15) is 0 Å². The zero-order chi connectivity index (χ0) is 13.2. The van der Waals surface area contributed by atoms with Gasteiger partial charge in [0, 0.05) is 0 Å². The summed E-state index contributed by atoms with van der Waals surface area (Å²) < 4.78 is 1.87. The summed E-state index contributed by atoms with van der Waals surface area (Å²) in [6.07, 6.45) is 3.97. The van der Waals surface area contributed by atoms with Gasteiger partial charge in [0.25, 0.3) is 0 Å². The minimum atomic E-state index is 0.524. The van der Waals surface area contributed by atoms with E-state index in [0.29, 0.717) is 10.7 Å². The van der Waals surface area contributed by atoms with Crippen LogP contribution in [0.5, 0.6) is 0 Å². The maximum absolute atomic E-state index is 6.40. The number of hydrogen-bond donors (Lipinski definition) is 1. The quantitative estimate of drug-likeness (QED) is 0.855. The summed E-state index contributed by atoms with van der Waals surface area (Å²) in [7, 11) is 0. The Hall–Kier alpha value is -1.81. The first-order valence-electron chi connectivity index (χ1n) is 6.44. The lowest BCUT2D eigenvalue weighted by Crippen LogP contribution is -2.43. The third-order valence-electron chi connectivity index (χ3n) is 3.37. The molecule has 1 aliphatic rings. The van der Waals surface area contributed by atoms with E-state index < -0.39 is 0 Å². The molecule has 1 saturated heterocycles. The molecule has 0 atom stereocenters. The summed E-state index contributed by atoms with van der Waals surface area (Å²) in [5.74, 6) is 0.894. The molecule has 0 unspecified atom stereocenters. The minimum absolute atomic E-state index is 0.524. The van der Waals surface area contributed by atoms with Crippen molar-refractivity contribution in [3.8, 4) is 5.69 Å². The van der Waals surface area contributed by atoms with Crippen LogP contribution in [0.3, 0.4) is 0 Å². The molecular formula is C14H16ClN4+. The number of nitrogen functional groups attached to an aromatic ring is 1. The molecule has 0 aliphatic carbocycles. The molecule has 0 radical (unpaired) electrons. The van der Waals surface area contributed by atoms with Gasteiger partial charge in [-0.15, -0.1) is 0 Å². The van der Waals surface area contributed by atoms with Crippen LogP contribution in [-0.2, 0) is 0 Å². The van der Waals surface area contributed by atoms with Gasteiger partial charge in [0.15, 0.2) is 10.7 Å². The number of hydrogen-bond acceptors (Lipinski definition) is 3. The number of nitrogens with two attached hydrogens (primary N) is 1. The van der Waals surface area contributed by atoms with Crippen LogP contribution in [0, 0.1) is 0 Å². The molecule has 1 fully saturated rings. The van der Waals surface area contributed by atoms with Gasteiger partial charge in [-0.05, 0) is 25.0 Å². The van der Waals surface area contributed by atoms with E-state index in [-0.39, 0.29) is 0 Å². The van der Waals surface area contributed by atoms with Gasteiger partial charge >= 0.3 is 5.82 Å². The fourth-order valence-electron chi connectivity index (χ4n) is 2.41. The Labute approximate surface area is 117 Å².